The fraction of sp³-hybridized carbons (Fsp3) is 0.214. The van der Waals surface area contributed by atoms with Crippen LogP contribution in [0.5, 0.6) is 0 Å². The van der Waals surface area contributed by atoms with Crippen molar-refractivity contribution in [3.8, 4) is 0 Å². The van der Waals surface area contributed by atoms with Crippen molar-refractivity contribution in [3.05, 3.63) is 96.5 Å². The highest BCUT2D eigenvalue weighted by Gasteiger charge is 2.18. The van der Waals surface area contributed by atoms with E-state index in [1.807, 2.05) is 17.6 Å². The molecule has 0 saturated carbocycles. The van der Waals surface area contributed by atoms with E-state index >= 15 is 0 Å². The highest BCUT2D eigenvalue weighted by Crippen LogP contribution is 2.30. The Morgan fingerprint density at radius 3 is 2.50 bits per heavy atom. The number of thiazole rings is 2. The molecule has 0 amide bonds. The SMILES string of the molecule is CCN1C(=CC=c2sc(=Cc3sc4ccccc4[n+]3CC)n(CC)c2=O)C=Cc2ccccc21. The van der Waals surface area contributed by atoms with Crippen molar-refractivity contribution in [2.45, 2.75) is 33.9 Å². The van der Waals surface area contributed by atoms with Gasteiger partial charge in [0.15, 0.2) is 0 Å². The number of benzene rings is 2. The summed E-state index contributed by atoms with van der Waals surface area (Å²) < 4.78 is 7.20. The Balaban J connectivity index is 1.61. The summed E-state index contributed by atoms with van der Waals surface area (Å²) in [6, 6.07) is 16.9. The van der Waals surface area contributed by atoms with E-state index in [9.17, 15) is 4.79 Å². The number of allylic oxidation sites excluding steroid dienone is 2. The van der Waals surface area contributed by atoms with E-state index in [2.05, 4.69) is 96.1 Å². The zero-order valence-corrected chi connectivity index (χ0v) is 21.3. The molecule has 2 aromatic carbocycles. The topological polar surface area (TPSA) is 29.1 Å². The van der Waals surface area contributed by atoms with Crippen molar-refractivity contribution >= 4 is 56.8 Å². The Hall–Kier alpha value is -3.22. The van der Waals surface area contributed by atoms with E-state index in [0.717, 1.165) is 28.0 Å². The van der Waals surface area contributed by atoms with Crippen LogP contribution in [-0.4, -0.2) is 11.1 Å². The van der Waals surface area contributed by atoms with Crippen LogP contribution in [0.4, 0.5) is 5.69 Å². The summed E-state index contributed by atoms with van der Waals surface area (Å²) in [5, 5.41) is 1.17. The molecule has 0 unspecified atom stereocenters. The van der Waals surface area contributed by atoms with Crippen LogP contribution in [0.15, 0.2) is 71.2 Å². The van der Waals surface area contributed by atoms with Crippen LogP contribution in [0.25, 0.3) is 28.4 Å². The fourth-order valence-electron chi connectivity index (χ4n) is 4.49. The molecule has 0 saturated heterocycles. The molecular formula is C28H28N3OS2+. The van der Waals surface area contributed by atoms with Gasteiger partial charge in [0.1, 0.15) is 15.9 Å². The third-order valence-corrected chi connectivity index (χ3v) is 8.34. The van der Waals surface area contributed by atoms with Crippen LogP contribution in [0.1, 0.15) is 31.3 Å². The van der Waals surface area contributed by atoms with Crippen LogP contribution in [-0.2, 0) is 13.1 Å². The predicted octanol–water partition coefficient (Wildman–Crippen LogP) is 4.50. The van der Waals surface area contributed by atoms with Gasteiger partial charge in [-0.3, -0.25) is 9.36 Å². The maximum absolute atomic E-state index is 13.2. The Morgan fingerprint density at radius 1 is 0.912 bits per heavy atom. The van der Waals surface area contributed by atoms with Gasteiger partial charge in [-0.05, 0) is 56.7 Å². The number of hydrogen-bond donors (Lipinski definition) is 0. The minimum absolute atomic E-state index is 0.0722. The summed E-state index contributed by atoms with van der Waals surface area (Å²) in [5.41, 5.74) is 4.82. The molecule has 1 aliphatic rings. The van der Waals surface area contributed by atoms with Crippen LogP contribution >= 0.6 is 22.7 Å². The number of fused-ring (bicyclic) bond motifs is 2. The van der Waals surface area contributed by atoms with Gasteiger partial charge in [-0.2, -0.15) is 4.57 Å². The lowest BCUT2D eigenvalue weighted by molar-refractivity contribution is -0.665. The Labute approximate surface area is 207 Å². The lowest BCUT2D eigenvalue weighted by Gasteiger charge is -2.29. The first-order valence-corrected chi connectivity index (χ1v) is 13.4. The summed E-state index contributed by atoms with van der Waals surface area (Å²) in [7, 11) is 0. The van der Waals surface area contributed by atoms with Crippen molar-refractivity contribution in [1.29, 1.82) is 0 Å². The third-order valence-electron chi connectivity index (χ3n) is 6.15. The van der Waals surface area contributed by atoms with E-state index in [4.69, 9.17) is 0 Å². The first-order valence-electron chi connectivity index (χ1n) is 11.7. The molecule has 0 fully saturated rings. The number of para-hydroxylation sites is 2. The largest absolute Gasteiger partial charge is 0.341 e. The average Bonchev–Trinajstić information content (AvgIpc) is 3.37. The quantitative estimate of drug-likeness (QED) is 0.389. The minimum Gasteiger partial charge on any atom is -0.341 e. The molecule has 0 spiro atoms. The molecule has 34 heavy (non-hydrogen) atoms. The molecule has 0 bridgehead atoms. The molecule has 0 N–H and O–H groups in total. The standard InChI is InChI=1S/C28H28N3OS2/c1-4-29-21(16-15-20-11-7-8-12-22(20)29)17-18-25-28(32)31(6-3)27(34-25)19-26-30(5-2)23-13-9-10-14-24(23)33-26/h7-19H,4-6H2,1-3H3/q+1. The van der Waals surface area contributed by atoms with Gasteiger partial charge in [-0.15, -0.1) is 11.3 Å². The van der Waals surface area contributed by atoms with E-state index in [-0.39, 0.29) is 5.56 Å². The average molecular weight is 487 g/mol. The van der Waals surface area contributed by atoms with Crippen LogP contribution in [0.2, 0.25) is 0 Å². The van der Waals surface area contributed by atoms with E-state index in [0.29, 0.717) is 6.54 Å². The zero-order chi connectivity index (χ0) is 23.7. The van der Waals surface area contributed by atoms with Gasteiger partial charge >= 0.3 is 0 Å². The Bertz CT molecular complexity index is 1600. The number of anilines is 1. The molecule has 3 heterocycles. The van der Waals surface area contributed by atoms with Crippen LogP contribution in [0, 0.1) is 0 Å². The molecule has 6 heteroatoms. The zero-order valence-electron chi connectivity index (χ0n) is 19.7. The first-order chi connectivity index (χ1) is 16.6. The highest BCUT2D eigenvalue weighted by molar-refractivity contribution is 7.19. The molecule has 5 rings (SSSR count). The van der Waals surface area contributed by atoms with Gasteiger partial charge < -0.3 is 4.90 Å². The molecular weight excluding hydrogens is 458 g/mol. The van der Waals surface area contributed by atoms with E-state index in [1.165, 1.54) is 26.5 Å². The van der Waals surface area contributed by atoms with Crippen LogP contribution < -0.4 is 24.2 Å². The molecule has 2 aromatic heterocycles. The first kappa shape index (κ1) is 22.6. The fourth-order valence-corrected chi connectivity index (χ4v) is 6.78. The van der Waals surface area contributed by atoms with Gasteiger partial charge in [-0.25, -0.2) is 0 Å². The van der Waals surface area contributed by atoms with Crippen molar-refractivity contribution < 1.29 is 4.57 Å². The summed E-state index contributed by atoms with van der Waals surface area (Å²) in [5.74, 6) is 0. The molecule has 1 aliphatic heterocycles. The van der Waals surface area contributed by atoms with Crippen molar-refractivity contribution in [2.24, 2.45) is 0 Å². The van der Waals surface area contributed by atoms with Crippen molar-refractivity contribution in [1.82, 2.24) is 4.57 Å². The van der Waals surface area contributed by atoms with Gasteiger partial charge in [0, 0.05) is 30.5 Å². The summed E-state index contributed by atoms with van der Waals surface area (Å²) in [4.78, 5) is 15.5. The number of aromatic nitrogens is 2. The molecule has 0 radical (unpaired) electrons. The Kier molecular flexibility index (Phi) is 6.35. The molecule has 172 valence electrons. The van der Waals surface area contributed by atoms with Crippen molar-refractivity contribution in [2.75, 3.05) is 11.4 Å². The predicted molar refractivity (Wildman–Crippen MR) is 146 cm³/mol. The van der Waals surface area contributed by atoms with E-state index in [1.54, 1.807) is 22.7 Å². The lowest BCUT2D eigenvalue weighted by Crippen LogP contribution is -2.35. The minimum atomic E-state index is 0.0722. The van der Waals surface area contributed by atoms with Gasteiger partial charge in [-0.1, -0.05) is 47.7 Å². The number of hydrogen-bond acceptors (Lipinski definition) is 4. The number of aryl methyl sites for hydroxylation is 1. The third kappa shape index (κ3) is 3.97. The maximum Gasteiger partial charge on any atom is 0.269 e. The van der Waals surface area contributed by atoms with Gasteiger partial charge in [0.25, 0.3) is 10.6 Å². The summed E-state index contributed by atoms with van der Waals surface area (Å²) in [6.45, 7) is 8.76. The van der Waals surface area contributed by atoms with Gasteiger partial charge in [0.05, 0.1) is 10.6 Å². The molecule has 4 aromatic rings. The summed E-state index contributed by atoms with van der Waals surface area (Å²) >= 11 is 3.33. The maximum atomic E-state index is 13.2. The number of rotatable bonds is 5. The normalized spacial score (nSPS) is 15.6. The lowest BCUT2D eigenvalue weighted by atomic mass is 10.1. The highest BCUT2D eigenvalue weighted by atomic mass is 32.1. The summed E-state index contributed by atoms with van der Waals surface area (Å²) in [6.07, 6.45) is 10.5. The van der Waals surface area contributed by atoms with Gasteiger partial charge in [0.2, 0.25) is 5.52 Å². The second-order valence-electron chi connectivity index (χ2n) is 8.05. The number of nitrogens with zero attached hydrogens (tertiary/aromatic N) is 3. The van der Waals surface area contributed by atoms with Crippen molar-refractivity contribution in [3.63, 3.8) is 0 Å². The smallest absolute Gasteiger partial charge is 0.269 e. The molecule has 0 aliphatic carbocycles. The van der Waals surface area contributed by atoms with Crippen LogP contribution in [0.3, 0.4) is 0 Å². The second kappa shape index (κ2) is 9.57. The van der Waals surface area contributed by atoms with E-state index < -0.39 is 0 Å². The number of likely N-dealkylation sites (N-methyl/N-ethyl adjacent to an activating group) is 1. The molecule has 0 atom stereocenters. The monoisotopic (exact) mass is 486 g/mol. The Morgan fingerprint density at radius 2 is 1.71 bits per heavy atom. The molecule has 4 nitrogen and oxygen atoms in total. The second-order valence-corrected chi connectivity index (χ2v) is 10.2.